The minimum Gasteiger partial charge on any atom is -0.486 e. The average molecular weight is 423 g/mol. The van der Waals surface area contributed by atoms with E-state index in [0.717, 1.165) is 21.3 Å². The first-order valence-corrected chi connectivity index (χ1v) is 10.7. The number of hydrogen-bond acceptors (Lipinski definition) is 5. The van der Waals surface area contributed by atoms with Gasteiger partial charge in [-0.15, -0.1) is 11.3 Å². The Morgan fingerprint density at radius 2 is 1.75 bits per heavy atom. The quantitative estimate of drug-likeness (QED) is 0.618. The number of ether oxygens (including phenoxy) is 2. The molecule has 0 radical (unpaired) electrons. The summed E-state index contributed by atoms with van der Waals surface area (Å²) >= 11 is 1.40. The third-order valence-corrected chi connectivity index (χ3v) is 6.80. The van der Waals surface area contributed by atoms with Gasteiger partial charge in [0, 0.05) is 10.9 Å². The first kappa shape index (κ1) is 18.7. The van der Waals surface area contributed by atoms with Crippen molar-refractivity contribution in [3.05, 3.63) is 70.4 Å². The zero-order valence-corrected chi connectivity index (χ0v) is 16.1. The topological polar surface area (TPSA) is 55.8 Å². The number of anilines is 1. The van der Waals surface area contributed by atoms with Crippen molar-refractivity contribution < 1.29 is 26.7 Å². The lowest BCUT2D eigenvalue weighted by Crippen LogP contribution is -2.30. The Labute approximate surface area is 164 Å². The number of sulfonamides is 1. The molecule has 0 saturated heterocycles. The smallest absolute Gasteiger partial charge is 0.264 e. The summed E-state index contributed by atoms with van der Waals surface area (Å²) in [5, 5.41) is 1.83. The molecule has 1 aromatic heterocycles. The zero-order chi connectivity index (χ0) is 19.7. The van der Waals surface area contributed by atoms with Crippen LogP contribution in [0.15, 0.2) is 58.8 Å². The maximum absolute atomic E-state index is 13.7. The van der Waals surface area contributed by atoms with Gasteiger partial charge in [0.25, 0.3) is 10.0 Å². The second kappa shape index (κ2) is 7.40. The van der Waals surface area contributed by atoms with Crippen LogP contribution in [-0.2, 0) is 16.6 Å². The first-order chi connectivity index (χ1) is 13.4. The van der Waals surface area contributed by atoms with Crippen molar-refractivity contribution in [1.29, 1.82) is 0 Å². The molecule has 0 spiro atoms. The molecule has 0 N–H and O–H groups in total. The maximum Gasteiger partial charge on any atom is 0.264 e. The van der Waals surface area contributed by atoms with Crippen LogP contribution < -0.4 is 13.8 Å². The Bertz CT molecular complexity index is 1100. The first-order valence-electron chi connectivity index (χ1n) is 8.35. The predicted molar refractivity (Wildman–Crippen MR) is 101 cm³/mol. The summed E-state index contributed by atoms with van der Waals surface area (Å²) < 4.78 is 65.7. The van der Waals surface area contributed by atoms with Crippen LogP contribution in [0.2, 0.25) is 0 Å². The van der Waals surface area contributed by atoms with E-state index in [0.29, 0.717) is 36.5 Å². The van der Waals surface area contributed by atoms with E-state index in [1.54, 1.807) is 24.3 Å². The van der Waals surface area contributed by atoms with Crippen molar-refractivity contribution in [3.63, 3.8) is 0 Å². The minimum atomic E-state index is -4.16. The van der Waals surface area contributed by atoms with E-state index in [2.05, 4.69) is 0 Å². The molecule has 0 atom stereocenters. The van der Waals surface area contributed by atoms with Crippen LogP contribution in [0, 0.1) is 11.6 Å². The van der Waals surface area contributed by atoms with Gasteiger partial charge in [-0.25, -0.2) is 17.2 Å². The third kappa shape index (κ3) is 3.55. The Balaban J connectivity index is 1.80. The fraction of sp³-hybridized carbons (Fsp3) is 0.158. The fourth-order valence-corrected chi connectivity index (χ4v) is 5.03. The summed E-state index contributed by atoms with van der Waals surface area (Å²) in [4.78, 5) is 0.457. The molecule has 0 bridgehead atoms. The van der Waals surface area contributed by atoms with E-state index < -0.39 is 21.7 Å². The Morgan fingerprint density at radius 3 is 2.46 bits per heavy atom. The molecule has 2 aromatic carbocycles. The van der Waals surface area contributed by atoms with E-state index in [1.807, 2.05) is 11.4 Å². The molecule has 0 saturated carbocycles. The largest absolute Gasteiger partial charge is 0.486 e. The summed E-state index contributed by atoms with van der Waals surface area (Å²) in [6.07, 6.45) is 0. The van der Waals surface area contributed by atoms with Gasteiger partial charge in [-0.3, -0.25) is 4.31 Å². The minimum absolute atomic E-state index is 0.0403. The molecule has 0 aliphatic carbocycles. The molecule has 9 heteroatoms. The third-order valence-electron chi connectivity index (χ3n) is 4.17. The SMILES string of the molecule is O=S(=O)(c1ccc(F)c(F)c1)N(Cc1cccs1)c1ccc2c(c1)OCCO2. The van der Waals surface area contributed by atoms with Crippen molar-refractivity contribution in [2.24, 2.45) is 0 Å². The summed E-state index contributed by atoms with van der Waals surface area (Å²) in [6, 6.07) is 10.9. The standard InChI is InChI=1S/C19H15F2NO4S2/c20-16-5-4-15(11-17(16)21)28(23,24)22(12-14-2-1-9-27-14)13-3-6-18-19(10-13)26-8-7-25-18/h1-6,9-11H,7-8,12H2. The van der Waals surface area contributed by atoms with Crippen LogP contribution in [0.25, 0.3) is 0 Å². The van der Waals surface area contributed by atoms with Crippen LogP contribution in [0.1, 0.15) is 4.88 Å². The lowest BCUT2D eigenvalue weighted by atomic mass is 10.2. The average Bonchev–Trinajstić information content (AvgIpc) is 3.21. The van der Waals surface area contributed by atoms with Gasteiger partial charge in [-0.05, 0) is 41.8 Å². The molecular weight excluding hydrogens is 408 g/mol. The van der Waals surface area contributed by atoms with Gasteiger partial charge in [0.1, 0.15) is 13.2 Å². The number of hydrogen-bond donors (Lipinski definition) is 0. The molecule has 5 nitrogen and oxygen atoms in total. The Morgan fingerprint density at radius 1 is 0.964 bits per heavy atom. The van der Waals surface area contributed by atoms with Crippen molar-refractivity contribution in [3.8, 4) is 11.5 Å². The van der Waals surface area contributed by atoms with Gasteiger partial charge in [-0.2, -0.15) is 0 Å². The zero-order valence-electron chi connectivity index (χ0n) is 14.5. The molecule has 1 aliphatic heterocycles. The number of fused-ring (bicyclic) bond motifs is 1. The molecule has 28 heavy (non-hydrogen) atoms. The van der Waals surface area contributed by atoms with Crippen molar-refractivity contribution in [2.45, 2.75) is 11.4 Å². The van der Waals surface area contributed by atoms with Crippen molar-refractivity contribution in [2.75, 3.05) is 17.5 Å². The Kier molecular flexibility index (Phi) is 4.94. The molecule has 3 aromatic rings. The molecule has 146 valence electrons. The number of halogens is 2. The van der Waals surface area contributed by atoms with E-state index in [9.17, 15) is 17.2 Å². The summed E-state index contributed by atoms with van der Waals surface area (Å²) in [5.41, 5.74) is 0.336. The number of thiophene rings is 1. The van der Waals surface area contributed by atoms with Gasteiger partial charge in [0.05, 0.1) is 17.1 Å². The highest BCUT2D eigenvalue weighted by atomic mass is 32.2. The van der Waals surface area contributed by atoms with Crippen LogP contribution >= 0.6 is 11.3 Å². The van der Waals surface area contributed by atoms with Gasteiger partial charge < -0.3 is 9.47 Å². The fourth-order valence-electron chi connectivity index (χ4n) is 2.81. The predicted octanol–water partition coefficient (Wildman–Crippen LogP) is 4.19. The van der Waals surface area contributed by atoms with Crippen LogP contribution in [0.5, 0.6) is 11.5 Å². The lowest BCUT2D eigenvalue weighted by Gasteiger charge is -2.26. The van der Waals surface area contributed by atoms with Crippen molar-refractivity contribution >= 4 is 27.0 Å². The number of benzene rings is 2. The molecule has 2 heterocycles. The highest BCUT2D eigenvalue weighted by Gasteiger charge is 2.28. The van der Waals surface area contributed by atoms with E-state index >= 15 is 0 Å². The van der Waals surface area contributed by atoms with E-state index in [-0.39, 0.29) is 11.4 Å². The molecule has 1 aliphatic rings. The Hall–Kier alpha value is -2.65. The van der Waals surface area contributed by atoms with E-state index in [4.69, 9.17) is 9.47 Å². The summed E-state index contributed by atoms with van der Waals surface area (Å²) in [7, 11) is -4.16. The molecule has 4 rings (SSSR count). The van der Waals surface area contributed by atoms with Gasteiger partial charge >= 0.3 is 0 Å². The lowest BCUT2D eigenvalue weighted by molar-refractivity contribution is 0.171. The summed E-state index contributed by atoms with van der Waals surface area (Å²) in [5.74, 6) is -1.38. The van der Waals surface area contributed by atoms with Crippen LogP contribution in [-0.4, -0.2) is 21.6 Å². The van der Waals surface area contributed by atoms with Crippen LogP contribution in [0.3, 0.4) is 0 Å². The number of nitrogens with zero attached hydrogens (tertiary/aromatic N) is 1. The second-order valence-corrected chi connectivity index (χ2v) is 8.89. The highest BCUT2D eigenvalue weighted by molar-refractivity contribution is 7.92. The normalized spacial score (nSPS) is 13.4. The maximum atomic E-state index is 13.7. The van der Waals surface area contributed by atoms with Crippen molar-refractivity contribution in [1.82, 2.24) is 0 Å². The van der Waals surface area contributed by atoms with Gasteiger partial charge in [0.2, 0.25) is 0 Å². The second-order valence-electron chi connectivity index (χ2n) is 5.99. The highest BCUT2D eigenvalue weighted by Crippen LogP contribution is 2.36. The summed E-state index contributed by atoms with van der Waals surface area (Å²) in [6.45, 7) is 0.814. The monoisotopic (exact) mass is 423 g/mol. The molecule has 0 amide bonds. The molecule has 0 fully saturated rings. The van der Waals surface area contributed by atoms with Crippen LogP contribution in [0.4, 0.5) is 14.5 Å². The number of rotatable bonds is 5. The van der Waals surface area contributed by atoms with E-state index in [1.165, 1.54) is 11.3 Å². The molecule has 0 unspecified atom stereocenters. The van der Waals surface area contributed by atoms with Gasteiger partial charge in [-0.1, -0.05) is 6.07 Å². The van der Waals surface area contributed by atoms with Gasteiger partial charge in [0.15, 0.2) is 23.1 Å². The molecular formula is C19H15F2NO4S2.